The Kier molecular flexibility index (Phi) is 9.71. The van der Waals surface area contributed by atoms with Crippen LogP contribution in [0.4, 0.5) is 0 Å². The van der Waals surface area contributed by atoms with Crippen molar-refractivity contribution in [1.29, 1.82) is 0 Å². The fourth-order valence-corrected chi connectivity index (χ4v) is 2.15. The number of unbranched alkanes of at least 4 members (excludes halogenated alkanes) is 1. The van der Waals surface area contributed by atoms with Gasteiger partial charge < -0.3 is 14.6 Å². The number of esters is 2. The van der Waals surface area contributed by atoms with E-state index < -0.39 is 12.1 Å². The molecule has 0 aliphatic rings. The van der Waals surface area contributed by atoms with Crippen molar-refractivity contribution in [3.05, 3.63) is 35.9 Å². The van der Waals surface area contributed by atoms with E-state index in [1.165, 1.54) is 5.56 Å². The van der Waals surface area contributed by atoms with E-state index in [1.54, 1.807) is 6.92 Å². The molecule has 0 aliphatic carbocycles. The van der Waals surface area contributed by atoms with Crippen LogP contribution in [0.15, 0.2) is 30.3 Å². The second kappa shape index (κ2) is 11.7. The lowest BCUT2D eigenvalue weighted by Gasteiger charge is -2.10. The highest BCUT2D eigenvalue weighted by Gasteiger charge is 2.16. The van der Waals surface area contributed by atoms with E-state index in [9.17, 15) is 14.7 Å². The van der Waals surface area contributed by atoms with Gasteiger partial charge in [-0.15, -0.1) is 0 Å². The van der Waals surface area contributed by atoms with Crippen molar-refractivity contribution in [1.82, 2.24) is 0 Å². The maximum Gasteiger partial charge on any atom is 0.334 e. The number of rotatable bonds is 11. The minimum absolute atomic E-state index is 0.124. The van der Waals surface area contributed by atoms with E-state index >= 15 is 0 Å². The van der Waals surface area contributed by atoms with Crippen molar-refractivity contribution in [2.24, 2.45) is 0 Å². The number of hydrogen-bond donors (Lipinski definition) is 1. The summed E-state index contributed by atoms with van der Waals surface area (Å²) in [7, 11) is 0. The molecule has 0 aliphatic heterocycles. The number of aliphatic hydroxyl groups is 1. The average molecular weight is 322 g/mol. The first kappa shape index (κ1) is 19.2. The summed E-state index contributed by atoms with van der Waals surface area (Å²) in [6, 6.07) is 10.1. The fourth-order valence-electron chi connectivity index (χ4n) is 2.15. The van der Waals surface area contributed by atoms with Crippen LogP contribution in [0.3, 0.4) is 0 Å². The molecule has 1 N–H and O–H groups in total. The van der Waals surface area contributed by atoms with E-state index in [1.807, 2.05) is 18.2 Å². The van der Waals surface area contributed by atoms with Gasteiger partial charge in [0.05, 0.1) is 13.2 Å². The van der Waals surface area contributed by atoms with Crippen LogP contribution < -0.4 is 0 Å². The number of hydrogen-bond acceptors (Lipinski definition) is 5. The molecule has 1 atom stereocenters. The molecule has 1 rings (SSSR count). The monoisotopic (exact) mass is 322 g/mol. The van der Waals surface area contributed by atoms with Crippen LogP contribution in [0, 0.1) is 0 Å². The van der Waals surface area contributed by atoms with Gasteiger partial charge >= 0.3 is 11.9 Å². The third-order valence-corrected chi connectivity index (χ3v) is 3.38. The number of benzene rings is 1. The van der Waals surface area contributed by atoms with Gasteiger partial charge in [-0.1, -0.05) is 30.3 Å². The molecule has 0 saturated heterocycles. The maximum atomic E-state index is 11.6. The molecule has 0 heterocycles. The van der Waals surface area contributed by atoms with Crippen LogP contribution in [0.5, 0.6) is 0 Å². The zero-order chi connectivity index (χ0) is 16.9. The van der Waals surface area contributed by atoms with E-state index in [0.29, 0.717) is 19.4 Å². The number of aliphatic hydroxyl groups excluding tert-OH is 1. The van der Waals surface area contributed by atoms with E-state index in [4.69, 9.17) is 9.47 Å². The summed E-state index contributed by atoms with van der Waals surface area (Å²) in [5, 5.41) is 9.74. The van der Waals surface area contributed by atoms with Gasteiger partial charge in [-0.05, 0) is 44.6 Å². The molecule has 0 spiro atoms. The van der Waals surface area contributed by atoms with Gasteiger partial charge in [0.25, 0.3) is 0 Å². The van der Waals surface area contributed by atoms with E-state index in [-0.39, 0.29) is 19.0 Å². The molecule has 5 nitrogen and oxygen atoms in total. The fraction of sp³-hybridized carbons (Fsp3) is 0.556. The zero-order valence-electron chi connectivity index (χ0n) is 13.7. The normalized spacial score (nSPS) is 11.7. The molecular formula is C18H26O5. The van der Waals surface area contributed by atoms with E-state index in [2.05, 4.69) is 12.1 Å². The SMILES string of the molecule is CCOC(=O)CCCOC(=O)C(O)CCCCc1ccccc1. The first-order valence-corrected chi connectivity index (χ1v) is 8.17. The molecule has 0 bridgehead atoms. The summed E-state index contributed by atoms with van der Waals surface area (Å²) in [6.45, 7) is 2.21. The minimum atomic E-state index is -1.09. The smallest absolute Gasteiger partial charge is 0.334 e. The lowest BCUT2D eigenvalue weighted by atomic mass is 10.1. The zero-order valence-corrected chi connectivity index (χ0v) is 13.7. The summed E-state index contributed by atoms with van der Waals surface area (Å²) in [5.41, 5.74) is 1.25. The van der Waals surface area contributed by atoms with Gasteiger partial charge in [-0.2, -0.15) is 0 Å². The Balaban J connectivity index is 2.06. The molecule has 5 heteroatoms. The highest BCUT2D eigenvalue weighted by molar-refractivity contribution is 5.74. The molecular weight excluding hydrogens is 296 g/mol. The van der Waals surface area contributed by atoms with Gasteiger partial charge in [0.1, 0.15) is 0 Å². The largest absolute Gasteiger partial charge is 0.466 e. The molecule has 23 heavy (non-hydrogen) atoms. The molecule has 0 fully saturated rings. The van der Waals surface area contributed by atoms with Gasteiger partial charge in [-0.25, -0.2) is 4.79 Å². The molecule has 0 amide bonds. The molecule has 128 valence electrons. The summed E-state index contributed by atoms with van der Waals surface area (Å²) >= 11 is 0. The van der Waals surface area contributed by atoms with Crippen LogP contribution in [0.2, 0.25) is 0 Å². The molecule has 1 aromatic carbocycles. The Labute approximate surface area is 137 Å². The molecule has 0 aromatic heterocycles. The minimum Gasteiger partial charge on any atom is -0.466 e. The Morgan fingerprint density at radius 2 is 1.83 bits per heavy atom. The van der Waals surface area contributed by atoms with Gasteiger partial charge in [0.15, 0.2) is 6.10 Å². The van der Waals surface area contributed by atoms with Crippen LogP contribution in [-0.4, -0.2) is 36.4 Å². The van der Waals surface area contributed by atoms with Crippen LogP contribution >= 0.6 is 0 Å². The quantitative estimate of drug-likeness (QED) is 0.501. The molecule has 0 radical (unpaired) electrons. The predicted molar refractivity (Wildman–Crippen MR) is 86.8 cm³/mol. The Morgan fingerprint density at radius 1 is 1.09 bits per heavy atom. The van der Waals surface area contributed by atoms with Crippen molar-refractivity contribution in [2.75, 3.05) is 13.2 Å². The Morgan fingerprint density at radius 3 is 2.52 bits per heavy atom. The van der Waals surface area contributed by atoms with Crippen LogP contribution in [0.1, 0.15) is 44.6 Å². The first-order chi connectivity index (χ1) is 11.1. The summed E-state index contributed by atoms with van der Waals surface area (Å²) in [5.74, 6) is -0.918. The summed E-state index contributed by atoms with van der Waals surface area (Å²) in [6.07, 6.45) is 2.53. The number of carbonyl (C=O) groups excluding carboxylic acids is 2. The predicted octanol–water partition coefficient (Wildman–Crippen LogP) is 2.65. The highest BCUT2D eigenvalue weighted by Crippen LogP contribution is 2.09. The standard InChI is InChI=1S/C18H26O5/c1-2-22-17(20)13-8-14-23-18(21)16(19)12-7-6-11-15-9-4-3-5-10-15/h3-5,9-10,16,19H,2,6-8,11-14H2,1H3. The lowest BCUT2D eigenvalue weighted by molar-refractivity contribution is -0.155. The third kappa shape index (κ3) is 8.98. The Bertz CT molecular complexity index is 458. The van der Waals surface area contributed by atoms with E-state index in [0.717, 1.165) is 19.3 Å². The Hall–Kier alpha value is -1.88. The maximum absolute atomic E-state index is 11.6. The summed E-state index contributed by atoms with van der Waals surface area (Å²) in [4.78, 5) is 22.7. The molecule has 0 saturated carbocycles. The topological polar surface area (TPSA) is 72.8 Å². The van der Waals surface area contributed by atoms with Crippen molar-refractivity contribution in [2.45, 2.75) is 51.6 Å². The lowest BCUT2D eigenvalue weighted by Crippen LogP contribution is -2.23. The number of aryl methyl sites for hydroxylation is 1. The average Bonchev–Trinajstić information content (AvgIpc) is 2.56. The third-order valence-electron chi connectivity index (χ3n) is 3.38. The number of carbonyl (C=O) groups is 2. The molecule has 1 unspecified atom stereocenters. The first-order valence-electron chi connectivity index (χ1n) is 8.17. The second-order valence-corrected chi connectivity index (χ2v) is 5.32. The second-order valence-electron chi connectivity index (χ2n) is 5.32. The molecule has 1 aromatic rings. The van der Waals surface area contributed by atoms with Gasteiger partial charge in [0.2, 0.25) is 0 Å². The number of ether oxygens (including phenoxy) is 2. The highest BCUT2D eigenvalue weighted by atomic mass is 16.5. The van der Waals surface area contributed by atoms with Crippen molar-refractivity contribution < 1.29 is 24.2 Å². The summed E-state index contributed by atoms with van der Waals surface area (Å²) < 4.78 is 9.72. The van der Waals surface area contributed by atoms with Crippen molar-refractivity contribution in [3.63, 3.8) is 0 Å². The van der Waals surface area contributed by atoms with Crippen LogP contribution in [-0.2, 0) is 25.5 Å². The van der Waals surface area contributed by atoms with Crippen molar-refractivity contribution in [3.8, 4) is 0 Å². The van der Waals surface area contributed by atoms with Crippen molar-refractivity contribution >= 4 is 11.9 Å². The van der Waals surface area contributed by atoms with Gasteiger partial charge in [-0.3, -0.25) is 4.79 Å². The van der Waals surface area contributed by atoms with Gasteiger partial charge in [0, 0.05) is 6.42 Å². The van der Waals surface area contributed by atoms with Crippen LogP contribution in [0.25, 0.3) is 0 Å².